The van der Waals surface area contributed by atoms with Gasteiger partial charge in [0, 0.05) is 17.5 Å². The van der Waals surface area contributed by atoms with Crippen LogP contribution < -0.4 is 9.47 Å². The largest absolute Gasteiger partial charge is 0.493 e. The van der Waals surface area contributed by atoms with E-state index in [-0.39, 0.29) is 34.7 Å². The number of amides is 1. The first-order valence-corrected chi connectivity index (χ1v) is 9.52. The van der Waals surface area contributed by atoms with Crippen molar-refractivity contribution in [2.75, 3.05) is 6.61 Å². The molecule has 1 unspecified atom stereocenters. The molecule has 1 atom stereocenters. The monoisotopic (exact) mass is 424 g/mol. The van der Waals surface area contributed by atoms with E-state index in [9.17, 15) is 20.0 Å². The Morgan fingerprint density at radius 1 is 1.23 bits per heavy atom. The van der Waals surface area contributed by atoms with Gasteiger partial charge in [-0.3, -0.25) is 14.9 Å². The summed E-state index contributed by atoms with van der Waals surface area (Å²) in [6.45, 7) is 6.15. The van der Waals surface area contributed by atoms with E-state index in [1.807, 2.05) is 12.1 Å². The number of carbonyl (C=O) groups excluding carboxylic acids is 1. The third-order valence-electron chi connectivity index (χ3n) is 4.94. The maximum atomic E-state index is 12.5. The molecule has 3 aromatic rings. The van der Waals surface area contributed by atoms with Crippen LogP contribution in [-0.2, 0) is 10.2 Å². The SMILES string of the molecule is CC(C)(C)c1ccc2c(c1)OC(C(=O)N=Nc1c(O)[nH]c3ccc([N+](=O)[O-])cc13)CO2. The van der Waals surface area contributed by atoms with Gasteiger partial charge in [0.25, 0.3) is 5.69 Å². The molecule has 0 bridgehead atoms. The Morgan fingerprint density at radius 2 is 2.00 bits per heavy atom. The number of nitrogens with one attached hydrogen (secondary N) is 1. The Labute approximate surface area is 176 Å². The normalized spacial score (nSPS) is 16.0. The number of benzene rings is 2. The Hall–Kier alpha value is -3.95. The van der Waals surface area contributed by atoms with E-state index in [0.29, 0.717) is 17.0 Å². The van der Waals surface area contributed by atoms with Gasteiger partial charge in [-0.05, 0) is 29.2 Å². The number of aromatic nitrogens is 1. The van der Waals surface area contributed by atoms with Crippen LogP contribution in [0, 0.1) is 10.1 Å². The van der Waals surface area contributed by atoms with Crippen molar-refractivity contribution >= 4 is 28.2 Å². The van der Waals surface area contributed by atoms with E-state index in [2.05, 4.69) is 36.0 Å². The summed E-state index contributed by atoms with van der Waals surface area (Å²) in [6, 6.07) is 9.56. The molecule has 31 heavy (non-hydrogen) atoms. The van der Waals surface area contributed by atoms with Gasteiger partial charge < -0.3 is 19.6 Å². The molecule has 1 aromatic heterocycles. The summed E-state index contributed by atoms with van der Waals surface area (Å²) in [6.07, 6.45) is -1.01. The minimum absolute atomic E-state index is 0.0367. The van der Waals surface area contributed by atoms with E-state index in [1.165, 1.54) is 18.2 Å². The lowest BCUT2D eigenvalue weighted by Gasteiger charge is -2.27. The summed E-state index contributed by atoms with van der Waals surface area (Å²) in [5.74, 6) is -0.0765. The fraction of sp³-hybridized carbons (Fsp3) is 0.286. The predicted molar refractivity (Wildman–Crippen MR) is 111 cm³/mol. The number of rotatable bonds is 3. The zero-order valence-corrected chi connectivity index (χ0v) is 17.1. The van der Waals surface area contributed by atoms with Crippen LogP contribution in [0.4, 0.5) is 11.4 Å². The van der Waals surface area contributed by atoms with Crippen molar-refractivity contribution in [2.45, 2.75) is 32.3 Å². The molecule has 4 rings (SSSR count). The minimum Gasteiger partial charge on any atom is -0.493 e. The second-order valence-electron chi connectivity index (χ2n) is 8.18. The molecule has 1 aliphatic rings. The molecule has 2 heterocycles. The molecule has 2 N–H and O–H groups in total. The van der Waals surface area contributed by atoms with Crippen molar-refractivity contribution < 1.29 is 24.3 Å². The Kier molecular flexibility index (Phi) is 4.84. The quantitative estimate of drug-likeness (QED) is 0.360. The number of nitro benzene ring substituents is 1. The van der Waals surface area contributed by atoms with Crippen LogP contribution >= 0.6 is 0 Å². The molecule has 10 nitrogen and oxygen atoms in total. The summed E-state index contributed by atoms with van der Waals surface area (Å²) >= 11 is 0. The van der Waals surface area contributed by atoms with Crippen LogP contribution in [0.5, 0.6) is 17.4 Å². The van der Waals surface area contributed by atoms with Crippen molar-refractivity contribution in [3.8, 4) is 17.4 Å². The maximum Gasteiger partial charge on any atom is 0.308 e. The highest BCUT2D eigenvalue weighted by molar-refractivity contribution is 5.96. The third-order valence-corrected chi connectivity index (χ3v) is 4.94. The number of non-ortho nitro benzene ring substituents is 1. The van der Waals surface area contributed by atoms with Crippen molar-refractivity contribution in [1.29, 1.82) is 0 Å². The van der Waals surface area contributed by atoms with Gasteiger partial charge in [-0.25, -0.2) is 0 Å². The van der Waals surface area contributed by atoms with E-state index in [0.717, 1.165) is 5.56 Å². The van der Waals surface area contributed by atoms with E-state index >= 15 is 0 Å². The van der Waals surface area contributed by atoms with Gasteiger partial charge in [0.1, 0.15) is 6.61 Å². The first kappa shape index (κ1) is 20.3. The zero-order valence-electron chi connectivity index (χ0n) is 17.1. The third kappa shape index (κ3) is 3.91. The molecule has 0 radical (unpaired) electrons. The van der Waals surface area contributed by atoms with E-state index in [4.69, 9.17) is 9.47 Å². The van der Waals surface area contributed by atoms with Crippen molar-refractivity contribution in [3.05, 3.63) is 52.1 Å². The number of hydrogen-bond donors (Lipinski definition) is 2. The number of H-pyrrole nitrogens is 1. The van der Waals surface area contributed by atoms with Gasteiger partial charge in [0.2, 0.25) is 12.0 Å². The Morgan fingerprint density at radius 3 is 2.71 bits per heavy atom. The minimum atomic E-state index is -1.01. The fourth-order valence-corrected chi connectivity index (χ4v) is 3.19. The summed E-state index contributed by atoms with van der Waals surface area (Å²) < 4.78 is 11.4. The molecule has 10 heteroatoms. The van der Waals surface area contributed by atoms with Crippen LogP contribution in [0.25, 0.3) is 10.9 Å². The lowest BCUT2D eigenvalue weighted by Crippen LogP contribution is -2.35. The van der Waals surface area contributed by atoms with Crippen molar-refractivity contribution in [3.63, 3.8) is 0 Å². The molecule has 0 aliphatic carbocycles. The van der Waals surface area contributed by atoms with Gasteiger partial charge in [-0.15, -0.1) is 10.2 Å². The highest BCUT2D eigenvalue weighted by Crippen LogP contribution is 2.38. The molecule has 1 aliphatic heterocycles. The average Bonchev–Trinajstić information content (AvgIpc) is 3.04. The standard InChI is InChI=1S/C21H20N4O6/c1-21(2,3)11-4-7-15-16(8-11)31-17(10-30-15)19(26)24-23-18-13-9-12(25(28)29)5-6-14(13)22-20(18)27/h4-9,17,22,27H,10H2,1-3H3. The summed E-state index contributed by atoms with van der Waals surface area (Å²) in [5.41, 5.74) is 1.09. The van der Waals surface area contributed by atoms with E-state index < -0.39 is 16.9 Å². The molecular weight excluding hydrogens is 404 g/mol. The molecule has 1 amide bonds. The molecule has 0 fully saturated rings. The summed E-state index contributed by atoms with van der Waals surface area (Å²) in [5, 5.41) is 28.8. The lowest BCUT2D eigenvalue weighted by atomic mass is 9.87. The molecule has 0 spiro atoms. The van der Waals surface area contributed by atoms with Crippen LogP contribution in [0.3, 0.4) is 0 Å². The van der Waals surface area contributed by atoms with Crippen LogP contribution in [0.15, 0.2) is 46.6 Å². The topological polar surface area (TPSA) is 139 Å². The Balaban J connectivity index is 1.57. The van der Waals surface area contributed by atoms with Gasteiger partial charge in [0.15, 0.2) is 17.2 Å². The molecule has 0 saturated heterocycles. The summed E-state index contributed by atoms with van der Waals surface area (Å²) in [7, 11) is 0. The van der Waals surface area contributed by atoms with Crippen LogP contribution in [0.2, 0.25) is 0 Å². The molecule has 160 valence electrons. The zero-order chi connectivity index (χ0) is 22.3. The molecule has 0 saturated carbocycles. The number of ether oxygens (including phenoxy) is 2. The van der Waals surface area contributed by atoms with Gasteiger partial charge >= 0.3 is 5.91 Å². The average molecular weight is 424 g/mol. The Bertz CT molecular complexity index is 1220. The fourth-order valence-electron chi connectivity index (χ4n) is 3.19. The smallest absolute Gasteiger partial charge is 0.308 e. The highest BCUT2D eigenvalue weighted by atomic mass is 16.6. The lowest BCUT2D eigenvalue weighted by molar-refractivity contribution is -0.384. The van der Waals surface area contributed by atoms with Gasteiger partial charge in [-0.2, -0.15) is 0 Å². The van der Waals surface area contributed by atoms with E-state index in [1.54, 1.807) is 6.07 Å². The molecular formula is C21H20N4O6. The predicted octanol–water partition coefficient (Wildman–Crippen LogP) is 4.53. The maximum absolute atomic E-state index is 12.5. The first-order chi connectivity index (χ1) is 14.6. The number of hydrogen-bond acceptors (Lipinski definition) is 7. The van der Waals surface area contributed by atoms with Crippen LogP contribution in [-0.4, -0.2) is 33.6 Å². The van der Waals surface area contributed by atoms with Crippen LogP contribution in [0.1, 0.15) is 26.3 Å². The number of aromatic hydroxyl groups is 1. The number of nitrogens with zero attached hydrogens (tertiary/aromatic N) is 3. The first-order valence-electron chi connectivity index (χ1n) is 9.52. The molecule has 2 aromatic carbocycles. The number of nitro groups is 1. The number of azo groups is 1. The van der Waals surface area contributed by atoms with Crippen molar-refractivity contribution in [2.24, 2.45) is 10.2 Å². The second kappa shape index (κ2) is 7.38. The van der Waals surface area contributed by atoms with Crippen molar-refractivity contribution in [1.82, 2.24) is 4.98 Å². The summed E-state index contributed by atoms with van der Waals surface area (Å²) in [4.78, 5) is 25.6. The second-order valence-corrected chi connectivity index (χ2v) is 8.18. The van der Waals surface area contributed by atoms with Gasteiger partial charge in [-0.1, -0.05) is 26.8 Å². The number of fused-ring (bicyclic) bond motifs is 2. The highest BCUT2D eigenvalue weighted by Gasteiger charge is 2.29. The number of aromatic amines is 1. The number of carbonyl (C=O) groups is 1. The van der Waals surface area contributed by atoms with Gasteiger partial charge in [0.05, 0.1) is 10.4 Å².